The molecule has 0 heterocycles. The first-order valence-corrected chi connectivity index (χ1v) is 2.40. The lowest BCUT2D eigenvalue weighted by atomic mass is 10.6. The monoisotopic (exact) mass is 114 g/mol. The van der Waals surface area contributed by atoms with E-state index in [1.54, 1.807) is 6.08 Å². The van der Waals surface area contributed by atoms with Gasteiger partial charge in [-0.15, -0.1) is 0 Å². The molecule has 0 saturated heterocycles. The fraction of sp³-hybridized carbons (Fsp3) is 0.333. The zero-order valence-electron chi connectivity index (χ0n) is 4.71. The highest BCUT2D eigenvalue weighted by atomic mass is 16.5. The van der Waals surface area contributed by atoms with Crippen LogP contribution >= 0.6 is 0 Å². The first-order chi connectivity index (χ1) is 3.91. The molecule has 0 aliphatic rings. The molecule has 0 aliphatic carbocycles. The summed E-state index contributed by atoms with van der Waals surface area (Å²) in [5.74, 6) is 0. The van der Waals surface area contributed by atoms with Gasteiger partial charge in [-0.1, -0.05) is 12.7 Å². The molecule has 0 amide bonds. The van der Waals surface area contributed by atoms with Gasteiger partial charge < -0.3 is 9.84 Å². The van der Waals surface area contributed by atoms with Gasteiger partial charge in [0.2, 0.25) is 0 Å². The van der Waals surface area contributed by atoms with Gasteiger partial charge in [0.15, 0.2) is 0 Å². The summed E-state index contributed by atoms with van der Waals surface area (Å²) < 4.78 is 4.76. The lowest BCUT2D eigenvalue weighted by Gasteiger charge is -1.89. The van der Waals surface area contributed by atoms with Crippen LogP contribution in [0.15, 0.2) is 25.0 Å². The number of aliphatic hydroxyl groups is 1. The van der Waals surface area contributed by atoms with E-state index < -0.39 is 0 Å². The van der Waals surface area contributed by atoms with Crippen molar-refractivity contribution < 1.29 is 9.84 Å². The summed E-state index contributed by atoms with van der Waals surface area (Å²) in [5.41, 5.74) is 0. The minimum Gasteiger partial charge on any atom is -0.497 e. The minimum absolute atomic E-state index is 0.0249. The van der Waals surface area contributed by atoms with Crippen molar-refractivity contribution in [1.82, 2.24) is 0 Å². The molecule has 0 fully saturated rings. The Morgan fingerprint density at radius 3 is 2.88 bits per heavy atom. The summed E-state index contributed by atoms with van der Waals surface area (Å²) in [4.78, 5) is 0. The summed E-state index contributed by atoms with van der Waals surface area (Å²) in [6, 6.07) is 0. The average Bonchev–Trinajstić information content (AvgIpc) is 1.81. The van der Waals surface area contributed by atoms with Gasteiger partial charge in [-0.25, -0.2) is 0 Å². The largest absolute Gasteiger partial charge is 0.497 e. The molecule has 0 radical (unpaired) electrons. The van der Waals surface area contributed by atoms with E-state index in [1.807, 2.05) is 0 Å². The van der Waals surface area contributed by atoms with E-state index in [1.165, 1.54) is 12.3 Å². The van der Waals surface area contributed by atoms with Crippen LogP contribution < -0.4 is 0 Å². The smallest absolute Gasteiger partial charge is 0.105 e. The van der Waals surface area contributed by atoms with E-state index in [2.05, 4.69) is 6.58 Å². The quantitative estimate of drug-likeness (QED) is 0.331. The van der Waals surface area contributed by atoms with E-state index in [9.17, 15) is 0 Å². The summed E-state index contributed by atoms with van der Waals surface area (Å²) in [6.45, 7) is 3.96. The Bertz CT molecular complexity index is 76.6. The van der Waals surface area contributed by atoms with Crippen LogP contribution in [0.1, 0.15) is 0 Å². The van der Waals surface area contributed by atoms with E-state index >= 15 is 0 Å². The van der Waals surface area contributed by atoms with Crippen LogP contribution in [0.25, 0.3) is 0 Å². The predicted octanol–water partition coefficient (Wildman–Crippen LogP) is 0.695. The molecule has 0 atom stereocenters. The Morgan fingerprint density at radius 2 is 2.38 bits per heavy atom. The molecule has 1 N–H and O–H groups in total. The van der Waals surface area contributed by atoms with Crippen LogP contribution in [-0.4, -0.2) is 18.3 Å². The molecule has 2 nitrogen and oxygen atoms in total. The number of hydrogen-bond donors (Lipinski definition) is 1. The summed E-state index contributed by atoms with van der Waals surface area (Å²) in [6.07, 6.45) is 4.60. The maximum atomic E-state index is 8.17. The van der Waals surface area contributed by atoms with Crippen LogP contribution in [-0.2, 0) is 4.74 Å². The molecule has 0 bridgehead atoms. The molecule has 0 aromatic heterocycles. The third kappa shape index (κ3) is 5.24. The Labute approximate surface area is 49.1 Å². The third-order valence-corrected chi connectivity index (χ3v) is 0.512. The Kier molecular flexibility index (Phi) is 5.65. The van der Waals surface area contributed by atoms with Crippen LogP contribution in [0, 0.1) is 0 Å². The van der Waals surface area contributed by atoms with Gasteiger partial charge in [0.1, 0.15) is 6.61 Å². The first kappa shape index (κ1) is 7.24. The van der Waals surface area contributed by atoms with Crippen molar-refractivity contribution in [2.45, 2.75) is 0 Å². The highest BCUT2D eigenvalue weighted by Crippen LogP contribution is 1.75. The van der Waals surface area contributed by atoms with Gasteiger partial charge >= 0.3 is 0 Å². The Morgan fingerprint density at radius 1 is 1.62 bits per heavy atom. The highest BCUT2D eigenvalue weighted by molar-refractivity contribution is 4.74. The fourth-order valence-electron chi connectivity index (χ4n) is 0.235. The highest BCUT2D eigenvalue weighted by Gasteiger charge is 1.68. The molecule has 0 aliphatic heterocycles. The second-order valence-electron chi connectivity index (χ2n) is 1.18. The van der Waals surface area contributed by atoms with Crippen molar-refractivity contribution in [1.29, 1.82) is 0 Å². The molecule has 0 aromatic carbocycles. The van der Waals surface area contributed by atoms with Gasteiger partial charge in [-0.2, -0.15) is 0 Å². The van der Waals surface area contributed by atoms with Crippen LogP contribution in [0.5, 0.6) is 0 Å². The van der Waals surface area contributed by atoms with E-state index in [0.29, 0.717) is 6.61 Å². The SMILES string of the molecule is C=CCOC=CCO. The van der Waals surface area contributed by atoms with E-state index in [4.69, 9.17) is 9.84 Å². The molecule has 8 heavy (non-hydrogen) atoms. The van der Waals surface area contributed by atoms with Crippen LogP contribution in [0.4, 0.5) is 0 Å². The minimum atomic E-state index is 0.0249. The van der Waals surface area contributed by atoms with Crippen molar-refractivity contribution >= 4 is 0 Å². The Balaban J connectivity index is 2.90. The van der Waals surface area contributed by atoms with Gasteiger partial charge in [-0.05, 0) is 6.08 Å². The molecule has 0 spiro atoms. The topological polar surface area (TPSA) is 29.5 Å². The summed E-state index contributed by atoms with van der Waals surface area (Å²) in [5, 5.41) is 8.17. The van der Waals surface area contributed by atoms with Crippen molar-refractivity contribution in [2.75, 3.05) is 13.2 Å². The molecule has 46 valence electrons. The molecule has 0 unspecified atom stereocenters. The Hall–Kier alpha value is -0.760. The van der Waals surface area contributed by atoms with Crippen LogP contribution in [0.2, 0.25) is 0 Å². The van der Waals surface area contributed by atoms with Gasteiger partial charge in [-0.3, -0.25) is 0 Å². The zero-order valence-corrected chi connectivity index (χ0v) is 4.71. The molecule has 0 rings (SSSR count). The van der Waals surface area contributed by atoms with Crippen molar-refractivity contribution in [3.8, 4) is 0 Å². The van der Waals surface area contributed by atoms with Gasteiger partial charge in [0.25, 0.3) is 0 Å². The lowest BCUT2D eigenvalue weighted by molar-refractivity contribution is 0.280. The molecule has 2 heteroatoms. The maximum Gasteiger partial charge on any atom is 0.105 e. The third-order valence-electron chi connectivity index (χ3n) is 0.512. The van der Waals surface area contributed by atoms with Gasteiger partial charge in [0.05, 0.1) is 12.9 Å². The summed E-state index contributed by atoms with van der Waals surface area (Å²) >= 11 is 0. The molecular weight excluding hydrogens is 104 g/mol. The molecule has 0 aromatic rings. The fourth-order valence-corrected chi connectivity index (χ4v) is 0.235. The number of rotatable bonds is 4. The van der Waals surface area contributed by atoms with Crippen molar-refractivity contribution in [3.63, 3.8) is 0 Å². The second kappa shape index (κ2) is 6.24. The van der Waals surface area contributed by atoms with E-state index in [0.717, 1.165) is 0 Å². The van der Waals surface area contributed by atoms with Crippen LogP contribution in [0.3, 0.4) is 0 Å². The number of aliphatic hydroxyl groups excluding tert-OH is 1. The standard InChI is InChI=1S/C6H10O2/c1-2-5-8-6-3-4-7/h2-3,6-7H,1,4-5H2. The average molecular weight is 114 g/mol. The van der Waals surface area contributed by atoms with Crippen molar-refractivity contribution in [3.05, 3.63) is 25.0 Å². The van der Waals surface area contributed by atoms with E-state index in [-0.39, 0.29) is 6.61 Å². The number of hydrogen-bond acceptors (Lipinski definition) is 2. The van der Waals surface area contributed by atoms with Gasteiger partial charge in [0, 0.05) is 0 Å². The zero-order chi connectivity index (χ0) is 6.24. The number of ether oxygens (including phenoxy) is 1. The second-order valence-corrected chi connectivity index (χ2v) is 1.18. The molecule has 0 saturated carbocycles. The predicted molar refractivity (Wildman–Crippen MR) is 32.4 cm³/mol. The van der Waals surface area contributed by atoms with Crippen molar-refractivity contribution in [2.24, 2.45) is 0 Å². The molecular formula is C6H10O2. The summed E-state index contributed by atoms with van der Waals surface area (Å²) in [7, 11) is 0. The lowest BCUT2D eigenvalue weighted by Crippen LogP contribution is -1.79. The maximum absolute atomic E-state index is 8.17. The normalized spacial score (nSPS) is 9.62. The first-order valence-electron chi connectivity index (χ1n) is 2.40.